The van der Waals surface area contributed by atoms with Crippen molar-refractivity contribution in [1.29, 1.82) is 0 Å². The summed E-state index contributed by atoms with van der Waals surface area (Å²) < 4.78 is 61.5. The highest BCUT2D eigenvalue weighted by atomic mass is 32.2. The molecule has 0 heterocycles. The molecule has 0 amide bonds. The van der Waals surface area contributed by atoms with Gasteiger partial charge in [0.15, 0.2) is 0 Å². The minimum atomic E-state index is -4.64. The molecule has 0 saturated carbocycles. The Bertz CT molecular complexity index is 528. The van der Waals surface area contributed by atoms with Crippen LogP contribution in [0.15, 0.2) is 18.2 Å². The molecule has 1 aromatic carbocycles. The Morgan fingerprint density at radius 2 is 1.94 bits per heavy atom. The van der Waals surface area contributed by atoms with Gasteiger partial charge in [0, 0.05) is 5.56 Å². The molecule has 18 heavy (non-hydrogen) atoms. The van der Waals surface area contributed by atoms with Crippen molar-refractivity contribution in [2.45, 2.75) is 13.1 Å². The lowest BCUT2D eigenvalue weighted by atomic mass is 10.2. The average Bonchev–Trinajstić information content (AvgIpc) is 2.21. The minimum Gasteiger partial charge on any atom is -0.508 e. The molecule has 5 nitrogen and oxygen atoms in total. The largest absolute Gasteiger partial charge is 0.508 e. The Morgan fingerprint density at radius 1 is 1.33 bits per heavy atom. The summed E-state index contributed by atoms with van der Waals surface area (Å²) in [6.07, 6.45) is -4.64. The Hall–Kier alpha value is -1.48. The van der Waals surface area contributed by atoms with Gasteiger partial charge in [-0.05, 0) is 19.1 Å². The lowest BCUT2D eigenvalue weighted by Crippen LogP contribution is -2.37. The fraction of sp³-hybridized carbons (Fsp3) is 0.333. The highest BCUT2D eigenvalue weighted by Gasteiger charge is 2.29. The first kappa shape index (κ1) is 14.6. The fourth-order valence-electron chi connectivity index (χ4n) is 1.09. The molecule has 0 aliphatic heterocycles. The van der Waals surface area contributed by atoms with Crippen molar-refractivity contribution in [3.63, 3.8) is 0 Å². The van der Waals surface area contributed by atoms with Crippen molar-refractivity contribution < 1.29 is 26.7 Å². The zero-order valence-electron chi connectivity index (χ0n) is 9.25. The number of nitrogens with one attached hydrogen (secondary N) is 2. The van der Waals surface area contributed by atoms with Gasteiger partial charge in [-0.25, -0.2) is 0 Å². The van der Waals surface area contributed by atoms with Crippen molar-refractivity contribution in [2.75, 3.05) is 11.3 Å². The predicted molar refractivity (Wildman–Crippen MR) is 59.4 cm³/mol. The third-order valence-electron chi connectivity index (χ3n) is 2.01. The number of phenolic OH excluding ortho intramolecular Hbond substituents is 1. The summed E-state index contributed by atoms with van der Waals surface area (Å²) in [5.41, 5.74) is 0.222. The van der Waals surface area contributed by atoms with E-state index in [2.05, 4.69) is 0 Å². The number of phenols is 1. The van der Waals surface area contributed by atoms with Crippen LogP contribution in [0.3, 0.4) is 0 Å². The summed E-state index contributed by atoms with van der Waals surface area (Å²) >= 11 is 0. The minimum absolute atomic E-state index is 0.00433. The Balaban J connectivity index is 2.80. The first-order valence-electron chi connectivity index (χ1n) is 4.73. The molecule has 0 radical (unpaired) electrons. The smallest absolute Gasteiger partial charge is 0.402 e. The van der Waals surface area contributed by atoms with Crippen LogP contribution in [0.4, 0.5) is 18.9 Å². The van der Waals surface area contributed by atoms with E-state index in [1.54, 1.807) is 0 Å². The number of hydrogen-bond acceptors (Lipinski definition) is 3. The molecule has 0 aliphatic rings. The quantitative estimate of drug-likeness (QED) is 0.784. The Labute approximate surface area is 102 Å². The van der Waals surface area contributed by atoms with Gasteiger partial charge in [-0.2, -0.15) is 26.3 Å². The number of rotatable bonds is 4. The van der Waals surface area contributed by atoms with Crippen molar-refractivity contribution in [1.82, 2.24) is 4.72 Å². The molecule has 1 aromatic rings. The molecule has 0 unspecified atom stereocenters. The van der Waals surface area contributed by atoms with E-state index in [4.69, 9.17) is 0 Å². The number of alkyl halides is 3. The number of aromatic hydroxyl groups is 1. The van der Waals surface area contributed by atoms with Crippen LogP contribution >= 0.6 is 0 Å². The van der Waals surface area contributed by atoms with Crippen LogP contribution in [0.1, 0.15) is 5.56 Å². The molecule has 9 heteroatoms. The van der Waals surface area contributed by atoms with Gasteiger partial charge >= 0.3 is 6.18 Å². The van der Waals surface area contributed by atoms with Crippen LogP contribution in [0.2, 0.25) is 0 Å². The van der Waals surface area contributed by atoms with Gasteiger partial charge in [-0.1, -0.05) is 6.07 Å². The zero-order valence-corrected chi connectivity index (χ0v) is 10.1. The summed E-state index contributed by atoms with van der Waals surface area (Å²) in [5, 5.41) is 9.32. The second kappa shape index (κ2) is 5.02. The average molecular weight is 284 g/mol. The number of halogens is 3. The van der Waals surface area contributed by atoms with E-state index < -0.39 is 22.9 Å². The van der Waals surface area contributed by atoms with Crippen LogP contribution in [-0.4, -0.2) is 26.2 Å². The van der Waals surface area contributed by atoms with Gasteiger partial charge in [0.1, 0.15) is 12.3 Å². The maximum absolute atomic E-state index is 11.9. The van der Waals surface area contributed by atoms with Crippen molar-refractivity contribution in [2.24, 2.45) is 0 Å². The van der Waals surface area contributed by atoms with Crippen LogP contribution in [0.25, 0.3) is 0 Å². The highest BCUT2D eigenvalue weighted by Crippen LogP contribution is 2.24. The van der Waals surface area contributed by atoms with Gasteiger partial charge in [0.05, 0.1) is 5.69 Å². The Kier molecular flexibility index (Phi) is 4.07. The monoisotopic (exact) mass is 284 g/mol. The molecule has 0 saturated heterocycles. The van der Waals surface area contributed by atoms with E-state index in [9.17, 15) is 26.7 Å². The SMILES string of the molecule is Cc1c(O)cccc1NS(=O)(=O)NCC(F)(F)F. The van der Waals surface area contributed by atoms with E-state index in [-0.39, 0.29) is 17.0 Å². The standard InChI is InChI=1S/C9H11F3N2O3S/c1-6-7(3-2-4-8(6)15)14-18(16,17)13-5-9(10,11)12/h2-4,13-15H,5H2,1H3. The molecule has 1 rings (SSSR count). The van der Waals surface area contributed by atoms with E-state index >= 15 is 0 Å². The van der Waals surface area contributed by atoms with Gasteiger partial charge in [0.25, 0.3) is 10.2 Å². The van der Waals surface area contributed by atoms with E-state index in [1.807, 2.05) is 4.72 Å². The van der Waals surface area contributed by atoms with E-state index in [0.717, 1.165) is 0 Å². The van der Waals surface area contributed by atoms with Crippen LogP contribution in [0, 0.1) is 6.92 Å². The van der Waals surface area contributed by atoms with E-state index in [0.29, 0.717) is 0 Å². The molecular weight excluding hydrogens is 273 g/mol. The van der Waals surface area contributed by atoms with Gasteiger partial charge < -0.3 is 5.11 Å². The number of anilines is 1. The highest BCUT2D eigenvalue weighted by molar-refractivity contribution is 7.90. The van der Waals surface area contributed by atoms with Crippen molar-refractivity contribution in [3.8, 4) is 5.75 Å². The summed E-state index contributed by atoms with van der Waals surface area (Å²) in [4.78, 5) is 0. The van der Waals surface area contributed by atoms with Gasteiger partial charge in [0.2, 0.25) is 0 Å². The topological polar surface area (TPSA) is 78.4 Å². The lowest BCUT2D eigenvalue weighted by molar-refractivity contribution is -0.121. The zero-order chi connectivity index (χ0) is 14.0. The van der Waals surface area contributed by atoms with Crippen LogP contribution < -0.4 is 9.44 Å². The maximum Gasteiger partial charge on any atom is 0.402 e. The van der Waals surface area contributed by atoms with Crippen molar-refractivity contribution in [3.05, 3.63) is 23.8 Å². The summed E-state index contributed by atoms with van der Waals surface area (Å²) in [5.74, 6) is -0.161. The summed E-state index contributed by atoms with van der Waals surface area (Å²) in [6.45, 7) is -0.239. The Morgan fingerprint density at radius 3 is 2.50 bits per heavy atom. The molecular formula is C9H11F3N2O3S. The molecule has 0 aromatic heterocycles. The van der Waals surface area contributed by atoms with Gasteiger partial charge in [-0.3, -0.25) is 4.72 Å². The first-order chi connectivity index (χ1) is 8.11. The summed E-state index contributed by atoms with van der Waals surface area (Å²) in [7, 11) is -4.34. The second-order valence-electron chi connectivity index (χ2n) is 3.49. The first-order valence-corrected chi connectivity index (χ1v) is 6.22. The molecule has 0 fully saturated rings. The maximum atomic E-state index is 11.9. The number of benzene rings is 1. The van der Waals surface area contributed by atoms with E-state index in [1.165, 1.54) is 29.8 Å². The third-order valence-corrected chi connectivity index (χ3v) is 3.03. The van der Waals surface area contributed by atoms with Crippen molar-refractivity contribution >= 4 is 15.9 Å². The molecule has 102 valence electrons. The third kappa shape index (κ3) is 4.41. The normalized spacial score (nSPS) is 12.4. The lowest BCUT2D eigenvalue weighted by Gasteiger charge is -2.13. The molecule has 3 N–H and O–H groups in total. The summed E-state index contributed by atoms with van der Waals surface area (Å²) in [6, 6.07) is 4.02. The molecule has 0 aliphatic carbocycles. The molecule has 0 bridgehead atoms. The molecule has 0 atom stereocenters. The second-order valence-corrected chi connectivity index (χ2v) is 4.99. The van der Waals surface area contributed by atoms with Crippen LogP contribution in [-0.2, 0) is 10.2 Å². The van der Waals surface area contributed by atoms with Gasteiger partial charge in [-0.15, -0.1) is 0 Å². The van der Waals surface area contributed by atoms with Crippen LogP contribution in [0.5, 0.6) is 5.75 Å². The predicted octanol–water partition coefficient (Wildman–Crippen LogP) is 1.51. The number of hydrogen-bond donors (Lipinski definition) is 3. The fourth-order valence-corrected chi connectivity index (χ4v) is 2.03. The molecule has 0 spiro atoms.